The fourth-order valence-electron chi connectivity index (χ4n) is 2.29. The Morgan fingerprint density at radius 1 is 1.53 bits per heavy atom. The van der Waals surface area contributed by atoms with Crippen LogP contribution in [0.15, 0.2) is 24.3 Å². The minimum atomic E-state index is -0.330. The maximum absolute atomic E-state index is 11.3. The molecule has 17 heavy (non-hydrogen) atoms. The van der Waals surface area contributed by atoms with Crippen molar-refractivity contribution < 1.29 is 14.6 Å². The highest BCUT2D eigenvalue weighted by Crippen LogP contribution is 2.30. The second-order valence-corrected chi connectivity index (χ2v) is 4.26. The van der Waals surface area contributed by atoms with Gasteiger partial charge in [0.05, 0.1) is 19.3 Å². The van der Waals surface area contributed by atoms with Gasteiger partial charge in [-0.2, -0.15) is 0 Å². The molecular weight excluding hydrogens is 218 g/mol. The lowest BCUT2D eigenvalue weighted by Crippen LogP contribution is -2.28. The van der Waals surface area contributed by atoms with E-state index in [1.54, 1.807) is 7.11 Å². The Hall–Kier alpha value is -1.39. The average Bonchev–Trinajstić information content (AvgIpc) is 2.77. The van der Waals surface area contributed by atoms with Gasteiger partial charge in [-0.25, -0.2) is 0 Å². The Bertz CT molecular complexity index is 394. The van der Waals surface area contributed by atoms with E-state index in [2.05, 4.69) is 0 Å². The summed E-state index contributed by atoms with van der Waals surface area (Å²) in [4.78, 5) is 13.3. The van der Waals surface area contributed by atoms with Gasteiger partial charge >= 0.3 is 0 Å². The largest absolute Gasteiger partial charge is 0.496 e. The molecule has 0 amide bonds. The third-order valence-corrected chi connectivity index (χ3v) is 3.17. The molecule has 0 radical (unpaired) electrons. The fourth-order valence-corrected chi connectivity index (χ4v) is 2.29. The van der Waals surface area contributed by atoms with Crippen LogP contribution in [0, 0.1) is 0 Å². The van der Waals surface area contributed by atoms with Gasteiger partial charge in [-0.1, -0.05) is 18.2 Å². The molecule has 0 aliphatic carbocycles. The van der Waals surface area contributed by atoms with Crippen molar-refractivity contribution in [2.75, 3.05) is 20.2 Å². The Balaban J connectivity index is 2.25. The van der Waals surface area contributed by atoms with Gasteiger partial charge in [0.25, 0.3) is 0 Å². The number of likely N-dealkylation sites (tertiary alicyclic amines) is 1. The molecule has 1 aromatic carbocycles. The van der Waals surface area contributed by atoms with Crippen LogP contribution in [0.3, 0.4) is 0 Å². The van der Waals surface area contributed by atoms with Gasteiger partial charge in [0.1, 0.15) is 12.0 Å². The number of para-hydroxylation sites is 1. The summed E-state index contributed by atoms with van der Waals surface area (Å²) < 4.78 is 5.27. The molecule has 0 bridgehead atoms. The van der Waals surface area contributed by atoms with Crippen LogP contribution in [-0.4, -0.2) is 42.6 Å². The van der Waals surface area contributed by atoms with Crippen LogP contribution in [0.25, 0.3) is 0 Å². The van der Waals surface area contributed by atoms with Crippen molar-refractivity contribution in [1.82, 2.24) is 4.90 Å². The van der Waals surface area contributed by atoms with E-state index in [0.29, 0.717) is 12.3 Å². The van der Waals surface area contributed by atoms with Crippen LogP contribution in [0.2, 0.25) is 0 Å². The van der Waals surface area contributed by atoms with Gasteiger partial charge in [0, 0.05) is 18.7 Å². The van der Waals surface area contributed by atoms with E-state index in [1.807, 2.05) is 29.2 Å². The topological polar surface area (TPSA) is 49.8 Å². The number of rotatable bonds is 4. The highest BCUT2D eigenvalue weighted by molar-refractivity contribution is 5.64. The number of carbonyl (C=O) groups excluding carboxylic acids is 1. The summed E-state index contributed by atoms with van der Waals surface area (Å²) in [5, 5.41) is 9.53. The first-order chi connectivity index (χ1) is 8.26. The molecule has 1 fully saturated rings. The number of aldehydes is 1. The molecule has 2 unspecified atom stereocenters. The third-order valence-electron chi connectivity index (χ3n) is 3.17. The third kappa shape index (κ3) is 2.48. The zero-order valence-corrected chi connectivity index (χ0v) is 9.87. The summed E-state index contributed by atoms with van der Waals surface area (Å²) in [6.07, 6.45) is 1.31. The maximum atomic E-state index is 11.3. The zero-order valence-electron chi connectivity index (χ0n) is 9.87. The maximum Gasteiger partial charge on any atom is 0.141 e. The summed E-state index contributed by atoms with van der Waals surface area (Å²) in [5.41, 5.74) is 0.860. The molecule has 1 aromatic rings. The lowest BCUT2D eigenvalue weighted by atomic mass is 10.1. The fraction of sp³-hybridized carbons (Fsp3) is 0.462. The normalized spacial score (nSPS) is 22.4. The van der Waals surface area contributed by atoms with Crippen LogP contribution < -0.4 is 4.74 Å². The molecule has 2 atom stereocenters. The van der Waals surface area contributed by atoms with Crippen LogP contribution in [0.4, 0.5) is 0 Å². The molecule has 0 aromatic heterocycles. The molecule has 1 aliphatic rings. The zero-order chi connectivity index (χ0) is 12.3. The van der Waals surface area contributed by atoms with Gasteiger partial charge in [0.2, 0.25) is 0 Å². The second-order valence-electron chi connectivity index (χ2n) is 4.26. The Labute approximate surface area is 101 Å². The Morgan fingerprint density at radius 2 is 2.29 bits per heavy atom. The highest BCUT2D eigenvalue weighted by Gasteiger charge is 2.29. The summed E-state index contributed by atoms with van der Waals surface area (Å²) in [7, 11) is 1.60. The minimum Gasteiger partial charge on any atom is -0.496 e. The number of ether oxygens (including phenoxy) is 1. The van der Waals surface area contributed by atoms with E-state index in [4.69, 9.17) is 4.74 Å². The first kappa shape index (κ1) is 12.1. The number of aliphatic hydroxyl groups is 1. The molecule has 1 saturated heterocycles. The van der Waals surface area contributed by atoms with Crippen molar-refractivity contribution >= 4 is 6.29 Å². The van der Waals surface area contributed by atoms with Crippen molar-refractivity contribution in [3.8, 4) is 5.75 Å². The van der Waals surface area contributed by atoms with Gasteiger partial charge in [-0.3, -0.25) is 4.90 Å². The smallest absolute Gasteiger partial charge is 0.141 e. The van der Waals surface area contributed by atoms with Crippen LogP contribution in [0.1, 0.15) is 18.0 Å². The van der Waals surface area contributed by atoms with E-state index in [1.165, 1.54) is 0 Å². The number of methoxy groups -OCH3 is 1. The Kier molecular flexibility index (Phi) is 3.76. The van der Waals surface area contributed by atoms with Crippen molar-refractivity contribution in [3.63, 3.8) is 0 Å². The van der Waals surface area contributed by atoms with Crippen molar-refractivity contribution in [2.45, 2.75) is 18.6 Å². The highest BCUT2D eigenvalue weighted by atomic mass is 16.5. The number of nitrogens with zero attached hydrogens (tertiary/aromatic N) is 1. The number of carbonyl (C=O) groups is 1. The number of hydrogen-bond acceptors (Lipinski definition) is 4. The molecule has 4 nitrogen and oxygen atoms in total. The van der Waals surface area contributed by atoms with Crippen LogP contribution >= 0.6 is 0 Å². The Morgan fingerprint density at radius 3 is 2.88 bits per heavy atom. The van der Waals surface area contributed by atoms with Crippen LogP contribution in [0.5, 0.6) is 5.75 Å². The number of benzene rings is 1. The van der Waals surface area contributed by atoms with Gasteiger partial charge < -0.3 is 14.6 Å². The predicted molar refractivity (Wildman–Crippen MR) is 64.0 cm³/mol. The lowest BCUT2D eigenvalue weighted by molar-refractivity contribution is -0.112. The SMILES string of the molecule is COc1ccccc1C(C=O)N1CCC(O)C1. The number of β-amino-alcohol motifs (C(OH)–C–C–N with tert-alkyl or cyclic N) is 1. The molecule has 0 saturated carbocycles. The van der Waals surface area contributed by atoms with E-state index < -0.39 is 0 Å². The molecule has 1 N–H and O–H groups in total. The first-order valence-electron chi connectivity index (χ1n) is 5.76. The second kappa shape index (κ2) is 5.29. The molecule has 1 aliphatic heterocycles. The van der Waals surface area contributed by atoms with E-state index in [-0.39, 0.29) is 12.1 Å². The molecule has 2 rings (SSSR count). The van der Waals surface area contributed by atoms with Crippen molar-refractivity contribution in [1.29, 1.82) is 0 Å². The lowest BCUT2D eigenvalue weighted by Gasteiger charge is -2.24. The van der Waals surface area contributed by atoms with E-state index in [0.717, 1.165) is 24.8 Å². The van der Waals surface area contributed by atoms with Gasteiger partial charge in [-0.05, 0) is 12.5 Å². The van der Waals surface area contributed by atoms with E-state index >= 15 is 0 Å². The molecule has 92 valence electrons. The predicted octanol–water partition coefficient (Wildman–Crippen LogP) is 1.00. The monoisotopic (exact) mass is 235 g/mol. The van der Waals surface area contributed by atoms with Crippen LogP contribution in [-0.2, 0) is 4.79 Å². The molecule has 1 heterocycles. The molecule has 0 spiro atoms. The summed E-state index contributed by atoms with van der Waals surface area (Å²) in [5.74, 6) is 0.714. The summed E-state index contributed by atoms with van der Waals surface area (Å²) >= 11 is 0. The molecular formula is C13H17NO3. The standard InChI is InChI=1S/C13H17NO3/c1-17-13-5-3-2-4-11(13)12(9-15)14-7-6-10(16)8-14/h2-5,9-10,12,16H,6-8H2,1H3. The molecule has 4 heteroatoms. The van der Waals surface area contributed by atoms with E-state index in [9.17, 15) is 9.90 Å². The number of hydrogen-bond donors (Lipinski definition) is 1. The van der Waals surface area contributed by atoms with Gasteiger partial charge in [-0.15, -0.1) is 0 Å². The number of aliphatic hydroxyl groups excluding tert-OH is 1. The van der Waals surface area contributed by atoms with Crippen molar-refractivity contribution in [2.24, 2.45) is 0 Å². The van der Waals surface area contributed by atoms with Gasteiger partial charge in [0.15, 0.2) is 0 Å². The minimum absolute atomic E-state index is 0.327. The quantitative estimate of drug-likeness (QED) is 0.791. The first-order valence-corrected chi connectivity index (χ1v) is 5.76. The van der Waals surface area contributed by atoms with Crippen molar-refractivity contribution in [3.05, 3.63) is 29.8 Å². The average molecular weight is 235 g/mol. The summed E-state index contributed by atoms with van der Waals surface area (Å²) in [6, 6.07) is 7.17. The summed E-state index contributed by atoms with van der Waals surface area (Å²) in [6.45, 7) is 1.28.